The minimum Gasteiger partial charge on any atom is -0.494 e. The molecule has 2 heterocycles. The van der Waals surface area contributed by atoms with Crippen LogP contribution in [0, 0.1) is 6.92 Å². The highest BCUT2D eigenvalue weighted by atomic mass is 35.5. The van der Waals surface area contributed by atoms with Gasteiger partial charge in [-0.1, -0.05) is 11.6 Å². The third-order valence-corrected chi connectivity index (χ3v) is 4.60. The van der Waals surface area contributed by atoms with E-state index in [1.807, 2.05) is 24.3 Å². The maximum atomic E-state index is 12.4. The van der Waals surface area contributed by atoms with Crippen molar-refractivity contribution in [3.63, 3.8) is 0 Å². The molecule has 6 nitrogen and oxygen atoms in total. The first kappa shape index (κ1) is 16.5. The summed E-state index contributed by atoms with van der Waals surface area (Å²) >= 11 is 5.90. The average molecular weight is 350 g/mol. The van der Waals surface area contributed by atoms with Gasteiger partial charge in [-0.15, -0.1) is 0 Å². The van der Waals surface area contributed by atoms with Gasteiger partial charge in [0.1, 0.15) is 6.54 Å². The summed E-state index contributed by atoms with van der Waals surface area (Å²) < 4.78 is 1.23. The van der Waals surface area contributed by atoms with Crippen LogP contribution >= 0.6 is 11.6 Å². The Labute approximate surface area is 145 Å². The van der Waals surface area contributed by atoms with Crippen molar-refractivity contribution in [2.45, 2.75) is 13.5 Å². The molecule has 2 aromatic rings. The van der Waals surface area contributed by atoms with Gasteiger partial charge in [0.15, 0.2) is 11.8 Å². The molecule has 0 bridgehead atoms. The van der Waals surface area contributed by atoms with Gasteiger partial charge in [0.05, 0.1) is 0 Å². The standard InChI is InChI=1S/C17H20ClN3O3/c1-12-10-15(22)21(17(12)24)11-16(23)20-8-6-19(7-9-20)14-4-2-13(18)3-5-14/h2-5,10,22,24H,6-9,11H2,1H3. The van der Waals surface area contributed by atoms with Crippen molar-refractivity contribution < 1.29 is 15.0 Å². The van der Waals surface area contributed by atoms with Crippen LogP contribution in [-0.2, 0) is 11.3 Å². The van der Waals surface area contributed by atoms with Crippen molar-refractivity contribution in [1.82, 2.24) is 9.47 Å². The van der Waals surface area contributed by atoms with Crippen LogP contribution in [0.25, 0.3) is 0 Å². The number of rotatable bonds is 3. The van der Waals surface area contributed by atoms with E-state index in [2.05, 4.69) is 4.90 Å². The van der Waals surface area contributed by atoms with E-state index >= 15 is 0 Å². The van der Waals surface area contributed by atoms with Crippen LogP contribution in [0.1, 0.15) is 5.56 Å². The van der Waals surface area contributed by atoms with Crippen molar-refractivity contribution in [2.75, 3.05) is 31.1 Å². The lowest BCUT2D eigenvalue weighted by atomic mass is 10.2. The quantitative estimate of drug-likeness (QED) is 0.891. The molecule has 1 saturated heterocycles. The van der Waals surface area contributed by atoms with Crippen molar-refractivity contribution in [3.05, 3.63) is 40.9 Å². The summed E-state index contributed by atoms with van der Waals surface area (Å²) in [5.41, 5.74) is 1.63. The van der Waals surface area contributed by atoms with Gasteiger partial charge in [-0.25, -0.2) is 0 Å². The summed E-state index contributed by atoms with van der Waals surface area (Å²) in [5.74, 6) is -0.286. The number of carbonyl (C=O) groups excluding carboxylic acids is 1. The predicted molar refractivity (Wildman–Crippen MR) is 92.7 cm³/mol. The van der Waals surface area contributed by atoms with Crippen LogP contribution in [0.3, 0.4) is 0 Å². The van der Waals surface area contributed by atoms with Gasteiger partial charge in [-0.05, 0) is 31.2 Å². The lowest BCUT2D eigenvalue weighted by molar-refractivity contribution is -0.132. The van der Waals surface area contributed by atoms with Gasteiger partial charge in [-0.2, -0.15) is 0 Å². The molecule has 1 fully saturated rings. The number of hydrogen-bond acceptors (Lipinski definition) is 4. The van der Waals surface area contributed by atoms with Crippen molar-refractivity contribution in [3.8, 4) is 11.8 Å². The second-order valence-electron chi connectivity index (χ2n) is 5.94. The van der Waals surface area contributed by atoms with Gasteiger partial charge in [0.2, 0.25) is 5.91 Å². The number of aryl methyl sites for hydroxylation is 1. The van der Waals surface area contributed by atoms with Gasteiger partial charge >= 0.3 is 0 Å². The van der Waals surface area contributed by atoms with Gasteiger partial charge in [-0.3, -0.25) is 9.36 Å². The molecule has 1 aromatic heterocycles. The average Bonchev–Trinajstić information content (AvgIpc) is 2.82. The summed E-state index contributed by atoms with van der Waals surface area (Å²) in [7, 11) is 0. The number of amides is 1. The fraction of sp³-hybridized carbons (Fsp3) is 0.353. The van der Waals surface area contributed by atoms with E-state index in [1.54, 1.807) is 11.8 Å². The minimum absolute atomic E-state index is 0.0630. The summed E-state index contributed by atoms with van der Waals surface area (Å²) in [6.45, 7) is 4.28. The van der Waals surface area contributed by atoms with Crippen LogP contribution in [0.15, 0.2) is 30.3 Å². The van der Waals surface area contributed by atoms with Crippen LogP contribution in [0.2, 0.25) is 5.02 Å². The van der Waals surface area contributed by atoms with E-state index in [9.17, 15) is 15.0 Å². The molecule has 7 heteroatoms. The molecule has 0 saturated carbocycles. The van der Waals surface area contributed by atoms with E-state index in [4.69, 9.17) is 11.6 Å². The second-order valence-corrected chi connectivity index (χ2v) is 6.38. The number of carbonyl (C=O) groups is 1. The summed E-state index contributed by atoms with van der Waals surface area (Å²) in [6.07, 6.45) is 0. The lowest BCUT2D eigenvalue weighted by Crippen LogP contribution is -2.49. The highest BCUT2D eigenvalue weighted by Gasteiger charge is 2.23. The van der Waals surface area contributed by atoms with Gasteiger partial charge in [0, 0.05) is 48.5 Å². The van der Waals surface area contributed by atoms with Crippen molar-refractivity contribution in [1.29, 1.82) is 0 Å². The molecule has 1 aromatic carbocycles. The van der Waals surface area contributed by atoms with E-state index in [0.29, 0.717) is 23.7 Å². The number of piperazine rings is 1. The molecule has 0 radical (unpaired) electrons. The summed E-state index contributed by atoms with van der Waals surface area (Å²) in [6, 6.07) is 9.10. The van der Waals surface area contributed by atoms with E-state index in [1.165, 1.54) is 10.6 Å². The topological polar surface area (TPSA) is 68.9 Å². The first-order valence-corrected chi connectivity index (χ1v) is 8.20. The third kappa shape index (κ3) is 3.28. The number of aromatic nitrogens is 1. The van der Waals surface area contributed by atoms with Crippen molar-refractivity contribution in [2.24, 2.45) is 0 Å². The Kier molecular flexibility index (Phi) is 4.57. The van der Waals surface area contributed by atoms with E-state index < -0.39 is 0 Å². The molecule has 0 spiro atoms. The predicted octanol–water partition coefficient (Wildman–Crippen LogP) is 2.21. The maximum absolute atomic E-state index is 12.4. The first-order valence-electron chi connectivity index (χ1n) is 7.82. The molecule has 1 aliphatic rings. The van der Waals surface area contributed by atoms with Crippen molar-refractivity contribution >= 4 is 23.2 Å². The molecule has 24 heavy (non-hydrogen) atoms. The lowest BCUT2D eigenvalue weighted by Gasteiger charge is -2.36. The molecule has 0 unspecified atom stereocenters. The van der Waals surface area contributed by atoms with Crippen LogP contribution in [0.4, 0.5) is 5.69 Å². The molecule has 1 amide bonds. The third-order valence-electron chi connectivity index (χ3n) is 4.35. The first-order chi connectivity index (χ1) is 11.5. The van der Waals surface area contributed by atoms with Crippen LogP contribution in [0.5, 0.6) is 11.8 Å². The number of nitrogens with zero attached hydrogens (tertiary/aromatic N) is 3. The Morgan fingerprint density at radius 2 is 1.75 bits per heavy atom. The molecular weight excluding hydrogens is 330 g/mol. The highest BCUT2D eigenvalue weighted by Crippen LogP contribution is 2.26. The zero-order valence-corrected chi connectivity index (χ0v) is 14.2. The Hall–Kier alpha value is -2.34. The molecular formula is C17H20ClN3O3. The van der Waals surface area contributed by atoms with Gasteiger partial charge < -0.3 is 20.0 Å². The number of aromatic hydroxyl groups is 2. The zero-order chi connectivity index (χ0) is 17.3. The molecule has 1 aliphatic heterocycles. The Morgan fingerprint density at radius 3 is 2.29 bits per heavy atom. The number of halogens is 1. The fourth-order valence-corrected chi connectivity index (χ4v) is 3.04. The van der Waals surface area contributed by atoms with E-state index in [-0.39, 0.29) is 24.2 Å². The molecule has 128 valence electrons. The zero-order valence-electron chi connectivity index (χ0n) is 13.4. The summed E-state index contributed by atoms with van der Waals surface area (Å²) in [5, 5.41) is 20.4. The Bertz CT molecular complexity index is 734. The largest absolute Gasteiger partial charge is 0.494 e. The number of anilines is 1. The molecule has 2 N–H and O–H groups in total. The minimum atomic E-state index is -0.119. The molecule has 0 aliphatic carbocycles. The summed E-state index contributed by atoms with van der Waals surface area (Å²) in [4.78, 5) is 16.4. The van der Waals surface area contributed by atoms with Crippen LogP contribution < -0.4 is 4.90 Å². The monoisotopic (exact) mass is 349 g/mol. The highest BCUT2D eigenvalue weighted by molar-refractivity contribution is 6.30. The van der Waals surface area contributed by atoms with E-state index in [0.717, 1.165) is 18.8 Å². The number of benzene rings is 1. The normalized spacial score (nSPS) is 14.9. The fourth-order valence-electron chi connectivity index (χ4n) is 2.91. The van der Waals surface area contributed by atoms with Crippen LogP contribution in [-0.4, -0.2) is 51.8 Å². The molecule has 0 atom stereocenters. The Balaban J connectivity index is 1.60. The molecule has 3 rings (SSSR count). The second kappa shape index (κ2) is 6.65. The Morgan fingerprint density at radius 1 is 1.12 bits per heavy atom. The smallest absolute Gasteiger partial charge is 0.242 e. The number of hydrogen-bond donors (Lipinski definition) is 2. The maximum Gasteiger partial charge on any atom is 0.242 e. The van der Waals surface area contributed by atoms with Gasteiger partial charge in [0.25, 0.3) is 0 Å². The SMILES string of the molecule is Cc1cc(O)n(CC(=O)N2CCN(c3ccc(Cl)cc3)CC2)c1O.